The van der Waals surface area contributed by atoms with Gasteiger partial charge in [0.2, 0.25) is 0 Å². The molecule has 20 heavy (non-hydrogen) atoms. The molecule has 0 N–H and O–H groups in total. The van der Waals surface area contributed by atoms with E-state index in [9.17, 15) is 9.18 Å². The summed E-state index contributed by atoms with van der Waals surface area (Å²) in [6.07, 6.45) is 0. The first-order valence-corrected chi connectivity index (χ1v) is 5.96. The molecule has 1 amide bonds. The summed E-state index contributed by atoms with van der Waals surface area (Å²) in [5.74, 6) is -0.827. The predicted molar refractivity (Wildman–Crippen MR) is 73.4 cm³/mol. The number of anilines is 1. The molecule has 1 aliphatic rings. The van der Waals surface area contributed by atoms with Crippen molar-refractivity contribution >= 4 is 17.3 Å². The number of carbonyl (C=O) groups excluding carboxylic acids is 1. The topological polar surface area (TPSA) is 44.1 Å². The molecule has 0 atom stereocenters. The maximum Gasteiger partial charge on any atom is 0.263 e. The number of rotatable bonds is 1. The van der Waals surface area contributed by atoms with Gasteiger partial charge in [0, 0.05) is 11.1 Å². The van der Waals surface area contributed by atoms with Crippen molar-refractivity contribution in [3.8, 4) is 6.07 Å². The van der Waals surface area contributed by atoms with Crippen LogP contribution in [-0.4, -0.2) is 5.91 Å². The molecule has 96 valence electrons. The van der Waals surface area contributed by atoms with Crippen LogP contribution in [0.5, 0.6) is 0 Å². The van der Waals surface area contributed by atoms with Crippen LogP contribution in [0.1, 0.15) is 21.5 Å². The van der Waals surface area contributed by atoms with Crippen molar-refractivity contribution in [1.82, 2.24) is 0 Å². The molecule has 0 radical (unpaired) electrons. The third-order valence-corrected chi connectivity index (χ3v) is 3.27. The lowest BCUT2D eigenvalue weighted by Crippen LogP contribution is -2.22. The number of hydrogen-bond donors (Lipinski definition) is 0. The van der Waals surface area contributed by atoms with Gasteiger partial charge in [-0.2, -0.15) is 5.26 Å². The van der Waals surface area contributed by atoms with Crippen molar-refractivity contribution < 1.29 is 9.18 Å². The van der Waals surface area contributed by atoms with E-state index in [1.807, 2.05) is 12.1 Å². The molecule has 2 aromatic rings. The number of amides is 1. The maximum absolute atomic E-state index is 13.4. The number of benzene rings is 2. The van der Waals surface area contributed by atoms with Crippen LogP contribution in [-0.2, 0) is 0 Å². The van der Waals surface area contributed by atoms with Gasteiger partial charge in [0.15, 0.2) is 0 Å². The maximum atomic E-state index is 13.4. The summed E-state index contributed by atoms with van der Waals surface area (Å²) in [7, 11) is 0. The second-order valence-corrected chi connectivity index (χ2v) is 4.41. The first-order valence-electron chi connectivity index (χ1n) is 5.96. The largest absolute Gasteiger partial charge is 0.277 e. The minimum absolute atomic E-state index is 0.0981. The average molecular weight is 264 g/mol. The number of carbonyl (C=O) groups is 1. The molecule has 0 fully saturated rings. The van der Waals surface area contributed by atoms with E-state index in [0.717, 1.165) is 5.56 Å². The van der Waals surface area contributed by atoms with E-state index in [2.05, 4.69) is 6.58 Å². The molecule has 0 spiro atoms. The van der Waals surface area contributed by atoms with Gasteiger partial charge in [0.25, 0.3) is 5.91 Å². The third-order valence-electron chi connectivity index (χ3n) is 3.27. The van der Waals surface area contributed by atoms with Crippen LogP contribution in [0.4, 0.5) is 10.1 Å². The summed E-state index contributed by atoms with van der Waals surface area (Å²) in [4.78, 5) is 13.8. The van der Waals surface area contributed by atoms with Gasteiger partial charge in [-0.1, -0.05) is 24.8 Å². The van der Waals surface area contributed by atoms with Gasteiger partial charge >= 0.3 is 0 Å². The molecule has 3 rings (SSSR count). The molecule has 1 heterocycles. The van der Waals surface area contributed by atoms with E-state index in [4.69, 9.17) is 5.26 Å². The monoisotopic (exact) mass is 264 g/mol. The van der Waals surface area contributed by atoms with Crippen LogP contribution in [0.3, 0.4) is 0 Å². The second kappa shape index (κ2) is 4.32. The average Bonchev–Trinajstić information content (AvgIpc) is 2.72. The van der Waals surface area contributed by atoms with Gasteiger partial charge < -0.3 is 0 Å². The van der Waals surface area contributed by atoms with Crippen molar-refractivity contribution in [2.45, 2.75) is 0 Å². The summed E-state index contributed by atoms with van der Waals surface area (Å²) >= 11 is 0. The molecule has 4 heteroatoms. The number of hydrogen-bond acceptors (Lipinski definition) is 2. The second-order valence-electron chi connectivity index (χ2n) is 4.41. The summed E-state index contributed by atoms with van der Waals surface area (Å²) in [6.45, 7) is 3.91. The molecular weight excluding hydrogens is 255 g/mol. The summed E-state index contributed by atoms with van der Waals surface area (Å²) in [5.41, 5.74) is 2.18. The Bertz CT molecular complexity index is 754. The van der Waals surface area contributed by atoms with Crippen LogP contribution in [0.2, 0.25) is 0 Å². The van der Waals surface area contributed by atoms with Crippen molar-refractivity contribution in [3.05, 3.63) is 71.6 Å². The van der Waals surface area contributed by atoms with Crippen LogP contribution < -0.4 is 4.90 Å². The highest BCUT2D eigenvalue weighted by Gasteiger charge is 2.32. The van der Waals surface area contributed by atoms with Crippen molar-refractivity contribution in [3.63, 3.8) is 0 Å². The number of halogens is 1. The Morgan fingerprint density at radius 3 is 2.50 bits per heavy atom. The van der Waals surface area contributed by atoms with Crippen LogP contribution in [0, 0.1) is 17.1 Å². The standard InChI is InChI=1S/C16H9FN2O/c1-10-13-4-2-3-5-14(13)16(20)19(10)12-6-7-15(17)11(8-12)9-18/h2-8H,1H2. The first kappa shape index (κ1) is 12.1. The quantitative estimate of drug-likeness (QED) is 0.793. The Labute approximate surface area is 115 Å². The van der Waals surface area contributed by atoms with E-state index in [-0.39, 0.29) is 11.5 Å². The SMILES string of the molecule is C=C1c2ccccc2C(=O)N1c1ccc(F)c(C#N)c1. The van der Waals surface area contributed by atoms with Crippen molar-refractivity contribution in [2.24, 2.45) is 0 Å². The Kier molecular flexibility index (Phi) is 2.62. The normalized spacial score (nSPS) is 13.3. The molecule has 0 bridgehead atoms. The molecule has 1 aliphatic heterocycles. The third kappa shape index (κ3) is 1.61. The highest BCUT2D eigenvalue weighted by Crippen LogP contribution is 2.35. The van der Waals surface area contributed by atoms with Crippen LogP contribution in [0.15, 0.2) is 49.0 Å². The van der Waals surface area contributed by atoms with Crippen LogP contribution >= 0.6 is 0 Å². The highest BCUT2D eigenvalue weighted by atomic mass is 19.1. The Morgan fingerprint density at radius 1 is 1.15 bits per heavy atom. The van der Waals surface area contributed by atoms with E-state index in [1.165, 1.54) is 23.1 Å². The van der Waals surface area contributed by atoms with Gasteiger partial charge in [-0.15, -0.1) is 0 Å². The van der Waals surface area contributed by atoms with Crippen molar-refractivity contribution in [2.75, 3.05) is 4.90 Å². The zero-order valence-corrected chi connectivity index (χ0v) is 10.4. The lowest BCUT2D eigenvalue weighted by atomic mass is 10.1. The summed E-state index contributed by atoms with van der Waals surface area (Å²) < 4.78 is 13.4. The highest BCUT2D eigenvalue weighted by molar-refractivity contribution is 6.22. The molecule has 3 nitrogen and oxygen atoms in total. The number of nitrogens with zero attached hydrogens (tertiary/aromatic N) is 2. The lowest BCUT2D eigenvalue weighted by molar-refractivity contribution is 0.101. The molecule has 0 saturated heterocycles. The van der Waals surface area contributed by atoms with E-state index in [0.29, 0.717) is 16.9 Å². The lowest BCUT2D eigenvalue weighted by Gasteiger charge is -2.17. The van der Waals surface area contributed by atoms with Gasteiger partial charge in [-0.05, 0) is 24.3 Å². The predicted octanol–water partition coefficient (Wildman–Crippen LogP) is 3.33. The van der Waals surface area contributed by atoms with Gasteiger partial charge in [0.1, 0.15) is 11.9 Å². The fraction of sp³-hybridized carbons (Fsp3) is 0. The van der Waals surface area contributed by atoms with Gasteiger partial charge in [-0.3, -0.25) is 9.69 Å². The first-order chi connectivity index (χ1) is 9.63. The molecular formula is C16H9FN2O. The Morgan fingerprint density at radius 2 is 1.85 bits per heavy atom. The molecule has 0 saturated carbocycles. The number of fused-ring (bicyclic) bond motifs is 1. The minimum atomic E-state index is -0.606. The molecule has 2 aromatic carbocycles. The van der Waals surface area contributed by atoms with Gasteiger partial charge in [0.05, 0.1) is 16.9 Å². The van der Waals surface area contributed by atoms with Gasteiger partial charge in [-0.25, -0.2) is 4.39 Å². The Hall–Kier alpha value is -2.93. The van der Waals surface area contributed by atoms with E-state index >= 15 is 0 Å². The van der Waals surface area contributed by atoms with E-state index < -0.39 is 5.82 Å². The van der Waals surface area contributed by atoms with Crippen LogP contribution in [0.25, 0.3) is 5.70 Å². The fourth-order valence-corrected chi connectivity index (χ4v) is 2.30. The fourth-order valence-electron chi connectivity index (χ4n) is 2.30. The molecule has 0 aliphatic carbocycles. The Balaban J connectivity index is 2.12. The zero-order chi connectivity index (χ0) is 14.3. The number of nitriles is 1. The van der Waals surface area contributed by atoms with E-state index in [1.54, 1.807) is 18.2 Å². The zero-order valence-electron chi connectivity index (χ0n) is 10.4. The molecule has 0 unspecified atom stereocenters. The summed E-state index contributed by atoms with van der Waals surface area (Å²) in [6, 6.07) is 12.9. The smallest absolute Gasteiger partial charge is 0.263 e. The minimum Gasteiger partial charge on any atom is -0.277 e. The van der Waals surface area contributed by atoms with Crippen molar-refractivity contribution in [1.29, 1.82) is 5.26 Å². The summed E-state index contributed by atoms with van der Waals surface area (Å²) in [5, 5.41) is 8.88. The molecule has 0 aromatic heterocycles.